The predicted molar refractivity (Wildman–Crippen MR) is 59.2 cm³/mol. The van der Waals surface area contributed by atoms with Gasteiger partial charge in [-0.05, 0) is 12.8 Å². The molecule has 4 heteroatoms. The minimum atomic E-state index is -0.226. The highest BCUT2D eigenvalue weighted by Crippen LogP contribution is 2.46. The van der Waals surface area contributed by atoms with Gasteiger partial charge in [0.15, 0.2) is 5.72 Å². The van der Waals surface area contributed by atoms with Crippen LogP contribution in [0.3, 0.4) is 0 Å². The standard InChI is InChI=1S/C12H21NO3/c1-10(2)6-13-12(8-15-9-12)16-11(10)4-3-5-14-7-11/h13H,3-9H2,1-2H3. The van der Waals surface area contributed by atoms with Crippen LogP contribution in [0.5, 0.6) is 0 Å². The summed E-state index contributed by atoms with van der Waals surface area (Å²) >= 11 is 0. The molecule has 0 radical (unpaired) electrons. The van der Waals surface area contributed by atoms with Crippen molar-refractivity contribution in [3.63, 3.8) is 0 Å². The number of hydrogen-bond acceptors (Lipinski definition) is 4. The molecule has 2 spiro atoms. The van der Waals surface area contributed by atoms with E-state index in [1.165, 1.54) is 0 Å². The van der Waals surface area contributed by atoms with Gasteiger partial charge in [-0.15, -0.1) is 0 Å². The fraction of sp³-hybridized carbons (Fsp3) is 1.00. The van der Waals surface area contributed by atoms with Gasteiger partial charge in [0.1, 0.15) is 5.60 Å². The van der Waals surface area contributed by atoms with Gasteiger partial charge < -0.3 is 14.2 Å². The number of hydrogen-bond donors (Lipinski definition) is 1. The molecule has 0 aromatic rings. The molecular formula is C12H21NO3. The van der Waals surface area contributed by atoms with Crippen molar-refractivity contribution in [3.05, 3.63) is 0 Å². The van der Waals surface area contributed by atoms with Crippen molar-refractivity contribution in [1.82, 2.24) is 5.32 Å². The second-order valence-electron chi connectivity index (χ2n) is 5.98. The Hall–Kier alpha value is -0.160. The molecule has 0 amide bonds. The van der Waals surface area contributed by atoms with Crippen LogP contribution in [0, 0.1) is 5.41 Å². The SMILES string of the molecule is CC1(C)CNC2(COC2)OC12CCCOC2. The first-order valence-electron chi connectivity index (χ1n) is 6.18. The Labute approximate surface area is 96.6 Å². The van der Waals surface area contributed by atoms with E-state index >= 15 is 0 Å². The Bertz CT molecular complexity index is 280. The molecule has 16 heavy (non-hydrogen) atoms. The van der Waals surface area contributed by atoms with Crippen LogP contribution >= 0.6 is 0 Å². The number of nitrogens with one attached hydrogen (secondary N) is 1. The van der Waals surface area contributed by atoms with Crippen molar-refractivity contribution in [2.75, 3.05) is 33.0 Å². The fourth-order valence-corrected chi connectivity index (χ4v) is 2.92. The summed E-state index contributed by atoms with van der Waals surface area (Å²) in [5, 5.41) is 3.49. The Morgan fingerprint density at radius 1 is 1.06 bits per heavy atom. The van der Waals surface area contributed by atoms with E-state index in [0.717, 1.165) is 32.6 Å². The zero-order valence-corrected chi connectivity index (χ0v) is 10.2. The summed E-state index contributed by atoms with van der Waals surface area (Å²) in [6.07, 6.45) is 2.20. The zero-order chi connectivity index (χ0) is 11.3. The van der Waals surface area contributed by atoms with Gasteiger partial charge in [-0.1, -0.05) is 13.8 Å². The van der Waals surface area contributed by atoms with Gasteiger partial charge in [-0.2, -0.15) is 0 Å². The van der Waals surface area contributed by atoms with Crippen LogP contribution in [-0.4, -0.2) is 44.3 Å². The van der Waals surface area contributed by atoms with Crippen molar-refractivity contribution >= 4 is 0 Å². The molecule has 3 rings (SSSR count). The van der Waals surface area contributed by atoms with Crippen molar-refractivity contribution in [2.45, 2.75) is 38.0 Å². The fourth-order valence-electron chi connectivity index (χ4n) is 2.92. The Kier molecular flexibility index (Phi) is 2.34. The minimum absolute atomic E-state index is 0.119. The highest BCUT2D eigenvalue weighted by Gasteiger charge is 2.58. The third kappa shape index (κ3) is 1.44. The lowest BCUT2D eigenvalue weighted by atomic mass is 9.69. The average molecular weight is 227 g/mol. The van der Waals surface area contributed by atoms with E-state index in [9.17, 15) is 0 Å². The van der Waals surface area contributed by atoms with Gasteiger partial charge in [0, 0.05) is 18.6 Å². The molecule has 1 atom stereocenters. The van der Waals surface area contributed by atoms with Crippen LogP contribution in [0.15, 0.2) is 0 Å². The van der Waals surface area contributed by atoms with Gasteiger partial charge in [-0.25, -0.2) is 0 Å². The van der Waals surface area contributed by atoms with Crippen LogP contribution in [0.2, 0.25) is 0 Å². The summed E-state index contributed by atoms with van der Waals surface area (Å²) in [5.74, 6) is 0. The molecule has 3 aliphatic heterocycles. The molecule has 0 aliphatic carbocycles. The second kappa shape index (κ2) is 3.42. The molecule has 0 aromatic carbocycles. The van der Waals surface area contributed by atoms with Gasteiger partial charge in [-0.3, -0.25) is 5.32 Å². The average Bonchev–Trinajstić information content (AvgIpc) is 2.22. The molecule has 1 N–H and O–H groups in total. The summed E-state index contributed by atoms with van der Waals surface area (Å²) in [6, 6.07) is 0. The Morgan fingerprint density at radius 3 is 2.44 bits per heavy atom. The monoisotopic (exact) mass is 227 g/mol. The minimum Gasteiger partial charge on any atom is -0.378 e. The maximum atomic E-state index is 6.39. The molecule has 0 aromatic heterocycles. The lowest BCUT2D eigenvalue weighted by Gasteiger charge is -2.60. The van der Waals surface area contributed by atoms with Crippen molar-refractivity contribution in [3.8, 4) is 0 Å². The molecule has 3 heterocycles. The second-order valence-corrected chi connectivity index (χ2v) is 5.98. The van der Waals surface area contributed by atoms with E-state index in [2.05, 4.69) is 19.2 Å². The van der Waals surface area contributed by atoms with E-state index in [0.29, 0.717) is 13.2 Å². The molecule has 3 aliphatic rings. The first-order valence-corrected chi connectivity index (χ1v) is 6.18. The maximum absolute atomic E-state index is 6.39. The highest BCUT2D eigenvalue weighted by molar-refractivity contribution is 5.06. The van der Waals surface area contributed by atoms with Gasteiger partial charge in [0.25, 0.3) is 0 Å². The first-order chi connectivity index (χ1) is 7.58. The topological polar surface area (TPSA) is 39.7 Å². The molecule has 3 fully saturated rings. The summed E-state index contributed by atoms with van der Waals surface area (Å²) in [7, 11) is 0. The molecule has 3 saturated heterocycles. The third-order valence-corrected chi connectivity index (χ3v) is 4.35. The normalized spacial score (nSPS) is 40.9. The zero-order valence-electron chi connectivity index (χ0n) is 10.2. The summed E-state index contributed by atoms with van der Waals surface area (Å²) in [6.45, 7) is 8.44. The predicted octanol–water partition coefficient (Wildman–Crippen LogP) is 0.908. The van der Waals surface area contributed by atoms with Crippen LogP contribution in [0.4, 0.5) is 0 Å². The van der Waals surface area contributed by atoms with Gasteiger partial charge >= 0.3 is 0 Å². The van der Waals surface area contributed by atoms with Crippen molar-refractivity contribution in [2.24, 2.45) is 5.41 Å². The van der Waals surface area contributed by atoms with E-state index in [1.807, 2.05) is 0 Å². The quantitative estimate of drug-likeness (QED) is 0.667. The van der Waals surface area contributed by atoms with Gasteiger partial charge in [0.2, 0.25) is 0 Å². The molecule has 4 nitrogen and oxygen atoms in total. The number of rotatable bonds is 0. The van der Waals surface area contributed by atoms with Crippen LogP contribution in [0.1, 0.15) is 26.7 Å². The van der Waals surface area contributed by atoms with E-state index in [-0.39, 0.29) is 16.7 Å². The molecule has 92 valence electrons. The van der Waals surface area contributed by atoms with Crippen molar-refractivity contribution in [1.29, 1.82) is 0 Å². The van der Waals surface area contributed by atoms with Gasteiger partial charge in [0.05, 0.1) is 19.8 Å². The molecular weight excluding hydrogens is 206 g/mol. The Balaban J connectivity index is 1.85. The smallest absolute Gasteiger partial charge is 0.167 e. The van der Waals surface area contributed by atoms with E-state index in [1.54, 1.807) is 0 Å². The molecule has 0 bridgehead atoms. The Morgan fingerprint density at radius 2 is 1.88 bits per heavy atom. The summed E-state index contributed by atoms with van der Waals surface area (Å²) in [5.41, 5.74) is -0.231. The third-order valence-electron chi connectivity index (χ3n) is 4.35. The largest absolute Gasteiger partial charge is 0.378 e. The van der Waals surface area contributed by atoms with E-state index in [4.69, 9.17) is 14.2 Å². The molecule has 1 unspecified atom stereocenters. The highest BCUT2D eigenvalue weighted by atomic mass is 16.6. The van der Waals surface area contributed by atoms with Crippen LogP contribution < -0.4 is 5.32 Å². The maximum Gasteiger partial charge on any atom is 0.167 e. The summed E-state index contributed by atoms with van der Waals surface area (Å²) < 4.78 is 17.3. The lowest BCUT2D eigenvalue weighted by Crippen LogP contribution is -2.75. The van der Waals surface area contributed by atoms with Crippen molar-refractivity contribution < 1.29 is 14.2 Å². The van der Waals surface area contributed by atoms with Crippen LogP contribution in [0.25, 0.3) is 0 Å². The molecule has 0 saturated carbocycles. The van der Waals surface area contributed by atoms with E-state index < -0.39 is 0 Å². The first kappa shape index (κ1) is 11.0. The number of ether oxygens (including phenoxy) is 3. The summed E-state index contributed by atoms with van der Waals surface area (Å²) in [4.78, 5) is 0. The van der Waals surface area contributed by atoms with Crippen LogP contribution in [-0.2, 0) is 14.2 Å². The lowest BCUT2D eigenvalue weighted by molar-refractivity contribution is -0.340.